The lowest BCUT2D eigenvalue weighted by Gasteiger charge is -2.07. The van der Waals surface area contributed by atoms with Crippen molar-refractivity contribution in [2.45, 2.75) is 25.8 Å². The number of hydrogen-bond donors (Lipinski definition) is 0. The summed E-state index contributed by atoms with van der Waals surface area (Å²) < 4.78 is 7.80. The van der Waals surface area contributed by atoms with Crippen molar-refractivity contribution in [3.63, 3.8) is 0 Å². The molecule has 4 heterocycles. The Morgan fingerprint density at radius 2 is 2.09 bits per heavy atom. The number of rotatable bonds is 2. The summed E-state index contributed by atoms with van der Waals surface area (Å²) in [6, 6.07) is 12.5. The van der Waals surface area contributed by atoms with Gasteiger partial charge in [0.25, 0.3) is 0 Å². The van der Waals surface area contributed by atoms with Crippen molar-refractivity contribution < 1.29 is 4.74 Å². The molecule has 4 nitrogen and oxygen atoms in total. The van der Waals surface area contributed by atoms with Crippen molar-refractivity contribution in [2.24, 2.45) is 0 Å². The van der Waals surface area contributed by atoms with Gasteiger partial charge in [-0.2, -0.15) is 5.10 Å². The molecule has 1 aromatic carbocycles. The third-order valence-corrected chi connectivity index (χ3v) is 4.73. The van der Waals surface area contributed by atoms with E-state index in [-0.39, 0.29) is 0 Å². The van der Waals surface area contributed by atoms with E-state index >= 15 is 0 Å². The average molecular weight is 303 g/mol. The molecular formula is C19H17N3O. The SMILES string of the molecule is c1ccc(-c2nn3c(c2-c2ccc4c(c2)CCO4)CCC3)nc1. The maximum atomic E-state index is 5.65. The van der Waals surface area contributed by atoms with Crippen LogP contribution in [-0.4, -0.2) is 21.4 Å². The molecule has 0 bridgehead atoms. The van der Waals surface area contributed by atoms with Gasteiger partial charge in [0.15, 0.2) is 0 Å². The minimum Gasteiger partial charge on any atom is -0.493 e. The van der Waals surface area contributed by atoms with Crippen LogP contribution in [0.3, 0.4) is 0 Å². The number of benzene rings is 1. The molecule has 2 aliphatic rings. The summed E-state index contributed by atoms with van der Waals surface area (Å²) in [5.41, 5.74) is 7.06. The highest BCUT2D eigenvalue weighted by Gasteiger charge is 2.25. The standard InChI is InChI=1S/C19H17N3O/c1-2-9-20-15(4-1)19-18(16-5-3-10-22(16)21-19)14-6-7-17-13(12-14)8-11-23-17/h1-2,4,6-7,9,12H,3,5,8,10-11H2. The summed E-state index contributed by atoms with van der Waals surface area (Å²) in [6.45, 7) is 1.79. The number of nitrogens with zero attached hydrogens (tertiary/aromatic N) is 3. The fourth-order valence-electron chi connectivity index (χ4n) is 3.66. The van der Waals surface area contributed by atoms with E-state index in [1.54, 1.807) is 0 Å². The Hall–Kier alpha value is -2.62. The molecule has 114 valence electrons. The molecule has 0 radical (unpaired) electrons. The van der Waals surface area contributed by atoms with Crippen molar-refractivity contribution in [3.8, 4) is 28.3 Å². The molecule has 0 aliphatic carbocycles. The molecule has 0 spiro atoms. The fourth-order valence-corrected chi connectivity index (χ4v) is 3.66. The van der Waals surface area contributed by atoms with Gasteiger partial charge >= 0.3 is 0 Å². The summed E-state index contributed by atoms with van der Waals surface area (Å²) in [5, 5.41) is 4.85. The van der Waals surface area contributed by atoms with Crippen LogP contribution in [0.2, 0.25) is 0 Å². The van der Waals surface area contributed by atoms with Crippen LogP contribution >= 0.6 is 0 Å². The van der Waals surface area contributed by atoms with Gasteiger partial charge in [0.05, 0.1) is 12.3 Å². The molecule has 0 atom stereocenters. The topological polar surface area (TPSA) is 39.9 Å². The molecular weight excluding hydrogens is 286 g/mol. The Morgan fingerprint density at radius 3 is 3.00 bits per heavy atom. The highest BCUT2D eigenvalue weighted by molar-refractivity contribution is 5.82. The lowest BCUT2D eigenvalue weighted by Crippen LogP contribution is -1.94. The van der Waals surface area contributed by atoms with Crippen LogP contribution in [0, 0.1) is 0 Å². The van der Waals surface area contributed by atoms with Gasteiger partial charge in [0.1, 0.15) is 11.4 Å². The normalized spacial score (nSPS) is 15.3. The summed E-state index contributed by atoms with van der Waals surface area (Å²) in [7, 11) is 0. The zero-order valence-electron chi connectivity index (χ0n) is 12.8. The quantitative estimate of drug-likeness (QED) is 0.727. The number of aromatic nitrogens is 3. The summed E-state index contributed by atoms with van der Waals surface area (Å²) in [6.07, 6.45) is 5.08. The van der Waals surface area contributed by atoms with Crippen LogP contribution in [0.5, 0.6) is 5.75 Å². The molecule has 2 aromatic heterocycles. The number of aryl methyl sites for hydroxylation is 1. The minimum absolute atomic E-state index is 0.790. The van der Waals surface area contributed by atoms with E-state index in [2.05, 4.69) is 27.9 Å². The van der Waals surface area contributed by atoms with Gasteiger partial charge in [0, 0.05) is 30.4 Å². The van der Waals surface area contributed by atoms with E-state index in [9.17, 15) is 0 Å². The van der Waals surface area contributed by atoms with Crippen molar-refractivity contribution >= 4 is 0 Å². The van der Waals surface area contributed by atoms with Gasteiger partial charge in [-0.25, -0.2) is 0 Å². The Kier molecular flexibility index (Phi) is 2.77. The summed E-state index contributed by atoms with van der Waals surface area (Å²) in [4.78, 5) is 4.52. The zero-order chi connectivity index (χ0) is 15.2. The minimum atomic E-state index is 0.790. The number of hydrogen-bond acceptors (Lipinski definition) is 3. The largest absolute Gasteiger partial charge is 0.493 e. The monoisotopic (exact) mass is 303 g/mol. The van der Waals surface area contributed by atoms with Crippen molar-refractivity contribution in [3.05, 3.63) is 53.9 Å². The van der Waals surface area contributed by atoms with Crippen molar-refractivity contribution in [1.82, 2.24) is 14.8 Å². The van der Waals surface area contributed by atoms with Gasteiger partial charge in [-0.05, 0) is 48.2 Å². The van der Waals surface area contributed by atoms with E-state index in [4.69, 9.17) is 9.84 Å². The third-order valence-electron chi connectivity index (χ3n) is 4.73. The third kappa shape index (κ3) is 1.98. The highest BCUT2D eigenvalue weighted by Crippen LogP contribution is 2.39. The van der Waals surface area contributed by atoms with Gasteiger partial charge in [-0.1, -0.05) is 12.1 Å². The molecule has 3 aromatic rings. The number of fused-ring (bicyclic) bond motifs is 2. The Labute approximate surface area is 134 Å². The first-order chi connectivity index (χ1) is 11.4. The Balaban J connectivity index is 1.73. The molecule has 23 heavy (non-hydrogen) atoms. The highest BCUT2D eigenvalue weighted by atomic mass is 16.5. The molecule has 5 rings (SSSR count). The second-order valence-corrected chi connectivity index (χ2v) is 6.13. The van der Waals surface area contributed by atoms with Crippen molar-refractivity contribution in [2.75, 3.05) is 6.61 Å². The van der Waals surface area contributed by atoms with Crippen LogP contribution in [0.1, 0.15) is 17.7 Å². The molecule has 0 saturated heterocycles. The van der Waals surface area contributed by atoms with Gasteiger partial charge in [-0.3, -0.25) is 9.67 Å². The number of ether oxygens (including phenoxy) is 1. The maximum Gasteiger partial charge on any atom is 0.122 e. The van der Waals surface area contributed by atoms with E-state index in [0.717, 1.165) is 43.1 Å². The second kappa shape index (κ2) is 4.95. The lowest BCUT2D eigenvalue weighted by molar-refractivity contribution is 0.357. The van der Waals surface area contributed by atoms with E-state index in [0.29, 0.717) is 0 Å². The molecule has 2 aliphatic heterocycles. The maximum absolute atomic E-state index is 5.65. The first-order valence-electron chi connectivity index (χ1n) is 8.17. The Morgan fingerprint density at radius 1 is 1.09 bits per heavy atom. The number of pyridine rings is 1. The second-order valence-electron chi connectivity index (χ2n) is 6.13. The lowest BCUT2D eigenvalue weighted by atomic mass is 9.97. The molecule has 0 N–H and O–H groups in total. The fraction of sp³-hybridized carbons (Fsp3) is 0.263. The van der Waals surface area contributed by atoms with E-state index in [1.165, 1.54) is 28.8 Å². The van der Waals surface area contributed by atoms with Gasteiger partial charge < -0.3 is 4.74 Å². The van der Waals surface area contributed by atoms with Crippen LogP contribution in [-0.2, 0) is 19.4 Å². The van der Waals surface area contributed by atoms with Crippen LogP contribution in [0.25, 0.3) is 22.5 Å². The molecule has 0 unspecified atom stereocenters. The van der Waals surface area contributed by atoms with E-state index in [1.807, 2.05) is 24.4 Å². The summed E-state index contributed by atoms with van der Waals surface area (Å²) in [5.74, 6) is 1.02. The zero-order valence-corrected chi connectivity index (χ0v) is 12.8. The predicted molar refractivity (Wildman–Crippen MR) is 88.4 cm³/mol. The summed E-state index contributed by atoms with van der Waals surface area (Å²) >= 11 is 0. The van der Waals surface area contributed by atoms with Gasteiger partial charge in [0.2, 0.25) is 0 Å². The van der Waals surface area contributed by atoms with Crippen LogP contribution in [0.4, 0.5) is 0 Å². The molecule has 0 amide bonds. The molecule has 0 fully saturated rings. The van der Waals surface area contributed by atoms with E-state index < -0.39 is 0 Å². The molecule has 0 saturated carbocycles. The smallest absolute Gasteiger partial charge is 0.122 e. The average Bonchev–Trinajstić information content (AvgIpc) is 3.30. The van der Waals surface area contributed by atoms with Gasteiger partial charge in [-0.15, -0.1) is 0 Å². The Bertz CT molecular complexity index is 883. The predicted octanol–water partition coefficient (Wildman–Crippen LogP) is 3.49. The van der Waals surface area contributed by atoms with Crippen LogP contribution in [0.15, 0.2) is 42.6 Å². The van der Waals surface area contributed by atoms with Crippen LogP contribution < -0.4 is 4.74 Å². The molecule has 4 heteroatoms. The van der Waals surface area contributed by atoms with Crippen molar-refractivity contribution in [1.29, 1.82) is 0 Å². The first kappa shape index (κ1) is 12.9. The first-order valence-corrected chi connectivity index (χ1v) is 8.17.